The summed E-state index contributed by atoms with van der Waals surface area (Å²) in [6, 6.07) is 8.78. The van der Waals surface area contributed by atoms with E-state index in [1.165, 1.54) is 11.3 Å². The SMILES string of the molecule is CNCCC(=O)N1CCCC1c1cccc(N(C)C)c1.Cl.Cl. The van der Waals surface area contributed by atoms with Crippen molar-refractivity contribution >= 4 is 36.4 Å². The molecule has 0 bridgehead atoms. The first-order valence-corrected chi connectivity index (χ1v) is 7.35. The Hall–Kier alpha value is -0.970. The molecule has 1 aromatic rings. The van der Waals surface area contributed by atoms with Crippen molar-refractivity contribution in [2.45, 2.75) is 25.3 Å². The van der Waals surface area contributed by atoms with Gasteiger partial charge in [0, 0.05) is 39.3 Å². The number of carbonyl (C=O) groups excluding carboxylic acids is 1. The van der Waals surface area contributed by atoms with Crippen molar-refractivity contribution in [3.05, 3.63) is 29.8 Å². The summed E-state index contributed by atoms with van der Waals surface area (Å²) in [6.07, 6.45) is 2.75. The lowest BCUT2D eigenvalue weighted by molar-refractivity contribution is -0.132. The average Bonchev–Trinajstić information content (AvgIpc) is 2.94. The van der Waals surface area contributed by atoms with E-state index in [2.05, 4.69) is 34.5 Å². The van der Waals surface area contributed by atoms with Gasteiger partial charge in [0.25, 0.3) is 0 Å². The summed E-state index contributed by atoms with van der Waals surface area (Å²) in [7, 11) is 5.97. The molecule has 1 heterocycles. The zero-order chi connectivity index (χ0) is 14.5. The highest BCUT2D eigenvalue weighted by molar-refractivity contribution is 5.85. The van der Waals surface area contributed by atoms with Gasteiger partial charge in [-0.05, 0) is 37.6 Å². The summed E-state index contributed by atoms with van der Waals surface area (Å²) >= 11 is 0. The Kier molecular flexibility index (Phi) is 9.49. The summed E-state index contributed by atoms with van der Waals surface area (Å²) in [5.41, 5.74) is 2.45. The van der Waals surface area contributed by atoms with Crippen molar-refractivity contribution in [3.63, 3.8) is 0 Å². The molecule has 1 aromatic carbocycles. The van der Waals surface area contributed by atoms with E-state index in [9.17, 15) is 4.79 Å². The Labute approximate surface area is 146 Å². The zero-order valence-electron chi connectivity index (χ0n) is 13.5. The number of rotatable bonds is 5. The molecule has 1 unspecified atom stereocenters. The van der Waals surface area contributed by atoms with Crippen LogP contribution in [0.15, 0.2) is 24.3 Å². The number of benzene rings is 1. The molecule has 0 aliphatic carbocycles. The number of hydrogen-bond acceptors (Lipinski definition) is 3. The minimum atomic E-state index is 0. The third kappa shape index (κ3) is 5.04. The van der Waals surface area contributed by atoms with Gasteiger partial charge >= 0.3 is 0 Å². The minimum Gasteiger partial charge on any atom is -0.378 e. The topological polar surface area (TPSA) is 35.6 Å². The lowest BCUT2D eigenvalue weighted by Crippen LogP contribution is -2.32. The summed E-state index contributed by atoms with van der Waals surface area (Å²) < 4.78 is 0. The number of nitrogens with zero attached hydrogens (tertiary/aromatic N) is 2. The predicted octanol–water partition coefficient (Wildman–Crippen LogP) is 2.87. The van der Waals surface area contributed by atoms with Gasteiger partial charge in [-0.1, -0.05) is 12.1 Å². The Balaban J connectivity index is 0.00000220. The smallest absolute Gasteiger partial charge is 0.224 e. The second-order valence-corrected chi connectivity index (χ2v) is 5.59. The molecule has 1 N–H and O–H groups in total. The van der Waals surface area contributed by atoms with Gasteiger partial charge in [0.05, 0.1) is 6.04 Å². The quantitative estimate of drug-likeness (QED) is 0.889. The lowest BCUT2D eigenvalue weighted by atomic mass is 10.0. The summed E-state index contributed by atoms with van der Waals surface area (Å²) in [5.74, 6) is 0.261. The minimum absolute atomic E-state index is 0. The molecule has 0 radical (unpaired) electrons. The van der Waals surface area contributed by atoms with Crippen molar-refractivity contribution in [1.82, 2.24) is 10.2 Å². The molecule has 1 amide bonds. The Bertz CT molecular complexity index is 468. The summed E-state index contributed by atoms with van der Waals surface area (Å²) in [6.45, 7) is 1.64. The van der Waals surface area contributed by atoms with Crippen LogP contribution in [-0.2, 0) is 4.79 Å². The molecular weight excluding hydrogens is 321 g/mol. The third-order valence-corrected chi connectivity index (χ3v) is 3.93. The zero-order valence-corrected chi connectivity index (χ0v) is 15.2. The predicted molar refractivity (Wildman–Crippen MR) is 97.5 cm³/mol. The summed E-state index contributed by atoms with van der Waals surface area (Å²) in [5, 5.41) is 3.05. The van der Waals surface area contributed by atoms with Gasteiger partial charge < -0.3 is 15.1 Å². The normalized spacial score (nSPS) is 16.7. The van der Waals surface area contributed by atoms with Crippen molar-refractivity contribution < 1.29 is 4.79 Å². The average molecular weight is 348 g/mol. The fraction of sp³-hybridized carbons (Fsp3) is 0.562. The van der Waals surface area contributed by atoms with Gasteiger partial charge in [-0.2, -0.15) is 0 Å². The number of nitrogens with one attached hydrogen (secondary N) is 1. The van der Waals surface area contributed by atoms with Crippen LogP contribution in [0.4, 0.5) is 5.69 Å². The highest BCUT2D eigenvalue weighted by Gasteiger charge is 2.29. The molecule has 126 valence electrons. The Morgan fingerprint density at radius 1 is 1.36 bits per heavy atom. The number of likely N-dealkylation sites (tertiary alicyclic amines) is 1. The largest absolute Gasteiger partial charge is 0.378 e. The molecule has 1 saturated heterocycles. The Morgan fingerprint density at radius 3 is 2.73 bits per heavy atom. The number of amides is 1. The van der Waals surface area contributed by atoms with E-state index in [1.54, 1.807) is 0 Å². The standard InChI is InChI=1S/C16H25N3O.2ClH/c1-17-10-9-16(20)19-11-5-8-15(19)13-6-4-7-14(12-13)18(2)3;;/h4,6-7,12,15,17H,5,8-11H2,1-3H3;2*1H. The van der Waals surface area contributed by atoms with Crippen LogP contribution in [-0.4, -0.2) is 45.0 Å². The van der Waals surface area contributed by atoms with Crippen LogP contribution in [0.25, 0.3) is 0 Å². The molecule has 0 spiro atoms. The lowest BCUT2D eigenvalue weighted by Gasteiger charge is -2.26. The van der Waals surface area contributed by atoms with Crippen molar-refractivity contribution in [2.75, 3.05) is 39.1 Å². The van der Waals surface area contributed by atoms with Gasteiger partial charge in [-0.3, -0.25) is 4.79 Å². The molecule has 1 aliphatic heterocycles. The highest BCUT2D eigenvalue weighted by atomic mass is 35.5. The van der Waals surface area contributed by atoms with Gasteiger partial charge in [-0.15, -0.1) is 24.8 Å². The number of hydrogen-bond donors (Lipinski definition) is 1. The van der Waals surface area contributed by atoms with Crippen LogP contribution in [0.5, 0.6) is 0 Å². The molecule has 1 atom stereocenters. The number of carbonyl (C=O) groups is 1. The van der Waals surface area contributed by atoms with Crippen molar-refractivity contribution in [1.29, 1.82) is 0 Å². The molecule has 1 fully saturated rings. The van der Waals surface area contributed by atoms with E-state index >= 15 is 0 Å². The monoisotopic (exact) mass is 347 g/mol. The maximum atomic E-state index is 12.3. The van der Waals surface area contributed by atoms with Crippen LogP contribution in [0.3, 0.4) is 0 Å². The van der Waals surface area contributed by atoms with E-state index in [0.717, 1.165) is 25.9 Å². The second kappa shape index (κ2) is 9.93. The molecule has 2 rings (SSSR count). The van der Waals surface area contributed by atoms with Crippen molar-refractivity contribution in [2.24, 2.45) is 0 Å². The van der Waals surface area contributed by atoms with E-state index in [1.807, 2.05) is 26.0 Å². The van der Waals surface area contributed by atoms with Crippen LogP contribution in [0.2, 0.25) is 0 Å². The second-order valence-electron chi connectivity index (χ2n) is 5.59. The fourth-order valence-corrected chi connectivity index (χ4v) is 2.80. The first-order chi connectivity index (χ1) is 9.63. The molecule has 0 saturated carbocycles. The maximum Gasteiger partial charge on any atom is 0.224 e. The van der Waals surface area contributed by atoms with E-state index in [-0.39, 0.29) is 36.8 Å². The highest BCUT2D eigenvalue weighted by Crippen LogP contribution is 2.33. The third-order valence-electron chi connectivity index (χ3n) is 3.93. The maximum absolute atomic E-state index is 12.3. The van der Waals surface area contributed by atoms with Gasteiger partial charge in [-0.25, -0.2) is 0 Å². The molecule has 6 heteroatoms. The first kappa shape index (κ1) is 21.0. The molecule has 1 aliphatic rings. The van der Waals surface area contributed by atoms with Gasteiger partial charge in [0.2, 0.25) is 5.91 Å². The van der Waals surface area contributed by atoms with E-state index < -0.39 is 0 Å². The van der Waals surface area contributed by atoms with E-state index in [0.29, 0.717) is 6.42 Å². The fourth-order valence-electron chi connectivity index (χ4n) is 2.80. The molecule has 22 heavy (non-hydrogen) atoms. The van der Waals surface area contributed by atoms with Crippen LogP contribution >= 0.6 is 24.8 Å². The molecule has 0 aromatic heterocycles. The Morgan fingerprint density at radius 2 is 2.09 bits per heavy atom. The van der Waals surface area contributed by atoms with Gasteiger partial charge in [0.1, 0.15) is 0 Å². The molecular formula is C16H27Cl2N3O. The van der Waals surface area contributed by atoms with Gasteiger partial charge in [0.15, 0.2) is 0 Å². The van der Waals surface area contributed by atoms with E-state index in [4.69, 9.17) is 0 Å². The number of halogens is 2. The molecule has 4 nitrogen and oxygen atoms in total. The first-order valence-electron chi connectivity index (χ1n) is 7.35. The van der Waals surface area contributed by atoms with Crippen molar-refractivity contribution in [3.8, 4) is 0 Å². The van der Waals surface area contributed by atoms with Crippen LogP contribution in [0.1, 0.15) is 30.9 Å². The number of anilines is 1. The van der Waals surface area contributed by atoms with Crippen LogP contribution in [0, 0.1) is 0 Å². The summed E-state index contributed by atoms with van der Waals surface area (Å²) in [4.78, 5) is 16.4. The van der Waals surface area contributed by atoms with Crippen LogP contribution < -0.4 is 10.2 Å².